The molecule has 0 spiro atoms. The molecule has 0 aromatic rings. The highest BCUT2D eigenvalue weighted by molar-refractivity contribution is 5.09. The lowest BCUT2D eigenvalue weighted by Gasteiger charge is -2.22. The van der Waals surface area contributed by atoms with E-state index in [9.17, 15) is 5.11 Å². The van der Waals surface area contributed by atoms with Crippen LogP contribution in [0.25, 0.3) is 0 Å². The Hall–Kier alpha value is -0.420. The summed E-state index contributed by atoms with van der Waals surface area (Å²) in [6.45, 7) is 0. The van der Waals surface area contributed by atoms with Crippen LogP contribution in [0.1, 0.15) is 19.3 Å². The second kappa shape index (κ2) is 4.57. The van der Waals surface area contributed by atoms with Crippen LogP contribution in [0.5, 0.6) is 0 Å². The molecule has 0 amide bonds. The number of aliphatic hydroxyl groups excluding tert-OH is 1. The predicted molar refractivity (Wildman–Crippen MR) is 44.0 cm³/mol. The van der Waals surface area contributed by atoms with Crippen LogP contribution in [0, 0.1) is 0 Å². The highest BCUT2D eigenvalue weighted by atomic mass is 16.7. The number of rotatable bonds is 3. The lowest BCUT2D eigenvalue weighted by atomic mass is 9.97. The molecule has 1 aliphatic carbocycles. The largest absolute Gasteiger partial charge is 0.381 e. The summed E-state index contributed by atoms with van der Waals surface area (Å²) in [5.41, 5.74) is 0.853. The lowest BCUT2D eigenvalue weighted by molar-refractivity contribution is -0.0785. The van der Waals surface area contributed by atoms with E-state index in [0.29, 0.717) is 0 Å². The van der Waals surface area contributed by atoms with Crippen molar-refractivity contribution in [1.82, 2.24) is 0 Å². The van der Waals surface area contributed by atoms with Crippen LogP contribution in [-0.4, -0.2) is 24.6 Å². The summed E-state index contributed by atoms with van der Waals surface area (Å²) in [6.07, 6.45) is 3.79. The molecule has 0 radical (unpaired) electrons. The minimum atomic E-state index is -0.942. The summed E-state index contributed by atoms with van der Waals surface area (Å²) < 4.78 is 5.15. The van der Waals surface area contributed by atoms with Crippen LogP contribution in [-0.2, 0) is 9.57 Å². The van der Waals surface area contributed by atoms with Gasteiger partial charge in [-0.2, -0.15) is 0 Å². The third kappa shape index (κ3) is 2.28. The minimum absolute atomic E-state index is 0.277. The molecular weight excluding hydrogens is 158 g/mol. The highest BCUT2D eigenvalue weighted by Gasteiger charge is 2.18. The average molecular weight is 173 g/mol. The van der Waals surface area contributed by atoms with Gasteiger partial charge in [-0.25, -0.2) is 5.90 Å². The van der Waals surface area contributed by atoms with Crippen LogP contribution in [0.15, 0.2) is 11.6 Å². The van der Waals surface area contributed by atoms with E-state index in [2.05, 4.69) is 4.84 Å². The van der Waals surface area contributed by atoms with Crippen LogP contribution in [0.3, 0.4) is 0 Å². The molecule has 1 rings (SSSR count). The quantitative estimate of drug-likeness (QED) is 0.366. The summed E-state index contributed by atoms with van der Waals surface area (Å²) in [4.78, 5) is 4.30. The van der Waals surface area contributed by atoms with E-state index in [1.165, 1.54) is 0 Å². The molecule has 0 fully saturated rings. The average Bonchev–Trinajstić information content (AvgIpc) is 2.17. The molecule has 4 nitrogen and oxygen atoms in total. The normalized spacial score (nSPS) is 26.6. The maximum absolute atomic E-state index is 9.19. The molecule has 2 unspecified atom stereocenters. The van der Waals surface area contributed by atoms with Crippen molar-refractivity contribution in [3.63, 3.8) is 0 Å². The maximum Gasteiger partial charge on any atom is 0.196 e. The SMILES string of the molecule is COC1CC=C(C(O)ON)CC1. The van der Waals surface area contributed by atoms with Crippen molar-refractivity contribution in [1.29, 1.82) is 0 Å². The van der Waals surface area contributed by atoms with E-state index in [1.54, 1.807) is 7.11 Å². The molecule has 0 heterocycles. The van der Waals surface area contributed by atoms with Crippen LogP contribution in [0.2, 0.25) is 0 Å². The molecule has 3 N–H and O–H groups in total. The first-order valence-electron chi connectivity index (χ1n) is 4.03. The first-order chi connectivity index (χ1) is 5.77. The second-order valence-corrected chi connectivity index (χ2v) is 2.90. The van der Waals surface area contributed by atoms with E-state index in [-0.39, 0.29) is 6.10 Å². The van der Waals surface area contributed by atoms with Crippen molar-refractivity contribution in [2.45, 2.75) is 31.7 Å². The first-order valence-corrected chi connectivity index (χ1v) is 4.03. The fraction of sp³-hybridized carbons (Fsp3) is 0.750. The molecule has 0 aromatic carbocycles. The summed E-state index contributed by atoms with van der Waals surface area (Å²) in [6, 6.07) is 0. The summed E-state index contributed by atoms with van der Waals surface area (Å²) >= 11 is 0. The summed E-state index contributed by atoms with van der Waals surface area (Å²) in [5, 5.41) is 9.19. The van der Waals surface area contributed by atoms with Gasteiger partial charge in [0.2, 0.25) is 0 Å². The Bertz CT molecular complexity index is 170. The van der Waals surface area contributed by atoms with Crippen LogP contribution >= 0.6 is 0 Å². The van der Waals surface area contributed by atoms with Gasteiger partial charge in [-0.3, -0.25) is 4.84 Å². The van der Waals surface area contributed by atoms with Gasteiger partial charge in [0.05, 0.1) is 6.10 Å². The molecule has 12 heavy (non-hydrogen) atoms. The van der Waals surface area contributed by atoms with Crippen LogP contribution < -0.4 is 5.90 Å². The molecule has 0 aliphatic heterocycles. The number of hydrogen-bond donors (Lipinski definition) is 2. The van der Waals surface area contributed by atoms with Crippen LogP contribution in [0.4, 0.5) is 0 Å². The Balaban J connectivity index is 2.44. The van der Waals surface area contributed by atoms with Gasteiger partial charge in [0.15, 0.2) is 6.29 Å². The van der Waals surface area contributed by atoms with Crippen molar-refractivity contribution in [3.8, 4) is 0 Å². The Morgan fingerprint density at radius 2 is 2.50 bits per heavy atom. The van der Waals surface area contributed by atoms with E-state index < -0.39 is 6.29 Å². The predicted octanol–water partition coefficient (Wildman–Crippen LogP) is 0.320. The maximum atomic E-state index is 9.19. The van der Waals surface area contributed by atoms with E-state index in [0.717, 1.165) is 24.8 Å². The molecule has 0 saturated carbocycles. The van der Waals surface area contributed by atoms with Gasteiger partial charge in [-0.15, -0.1) is 0 Å². The molecule has 0 aromatic heterocycles. The number of ether oxygens (including phenoxy) is 1. The smallest absolute Gasteiger partial charge is 0.196 e. The monoisotopic (exact) mass is 173 g/mol. The molecule has 1 aliphatic rings. The fourth-order valence-corrected chi connectivity index (χ4v) is 1.36. The zero-order valence-corrected chi connectivity index (χ0v) is 7.19. The van der Waals surface area contributed by atoms with Crippen molar-refractivity contribution >= 4 is 0 Å². The second-order valence-electron chi connectivity index (χ2n) is 2.90. The highest BCUT2D eigenvalue weighted by Crippen LogP contribution is 2.22. The number of aliphatic hydroxyl groups is 1. The van der Waals surface area contributed by atoms with Gasteiger partial charge < -0.3 is 9.84 Å². The van der Waals surface area contributed by atoms with Gasteiger partial charge in [0, 0.05) is 7.11 Å². The molecule has 70 valence electrons. The third-order valence-electron chi connectivity index (χ3n) is 2.18. The molecular formula is C8H15NO3. The number of methoxy groups -OCH3 is 1. The number of hydrogen-bond acceptors (Lipinski definition) is 4. The summed E-state index contributed by atoms with van der Waals surface area (Å²) in [7, 11) is 1.69. The summed E-state index contributed by atoms with van der Waals surface area (Å²) in [5.74, 6) is 4.85. The van der Waals surface area contributed by atoms with E-state index >= 15 is 0 Å². The zero-order valence-electron chi connectivity index (χ0n) is 7.19. The van der Waals surface area contributed by atoms with Gasteiger partial charge in [-0.1, -0.05) is 6.08 Å². The van der Waals surface area contributed by atoms with Crippen molar-refractivity contribution in [2.75, 3.05) is 7.11 Å². The van der Waals surface area contributed by atoms with E-state index in [1.807, 2.05) is 6.08 Å². The van der Waals surface area contributed by atoms with Gasteiger partial charge in [0.25, 0.3) is 0 Å². The standard InChI is InChI=1S/C8H15NO3/c1-11-7-4-2-6(3-5-7)8(10)12-9/h2,7-8,10H,3-5,9H2,1H3. The first kappa shape index (κ1) is 9.67. The molecule has 0 bridgehead atoms. The minimum Gasteiger partial charge on any atom is -0.381 e. The Kier molecular flexibility index (Phi) is 3.68. The Morgan fingerprint density at radius 3 is 2.92 bits per heavy atom. The fourth-order valence-electron chi connectivity index (χ4n) is 1.36. The molecule has 0 saturated heterocycles. The van der Waals surface area contributed by atoms with Gasteiger partial charge in [0.1, 0.15) is 0 Å². The number of nitrogens with two attached hydrogens (primary N) is 1. The van der Waals surface area contributed by atoms with Gasteiger partial charge >= 0.3 is 0 Å². The lowest BCUT2D eigenvalue weighted by Crippen LogP contribution is -2.23. The molecule has 4 heteroatoms. The van der Waals surface area contributed by atoms with E-state index in [4.69, 9.17) is 10.6 Å². The topological polar surface area (TPSA) is 64.7 Å². The van der Waals surface area contributed by atoms with Gasteiger partial charge in [-0.05, 0) is 24.8 Å². The van der Waals surface area contributed by atoms with Crippen molar-refractivity contribution in [3.05, 3.63) is 11.6 Å². The Morgan fingerprint density at radius 1 is 1.75 bits per heavy atom. The zero-order chi connectivity index (χ0) is 8.97. The van der Waals surface area contributed by atoms with Crippen molar-refractivity contribution in [2.24, 2.45) is 5.90 Å². The Labute approximate surface area is 71.9 Å². The molecule has 2 atom stereocenters. The third-order valence-corrected chi connectivity index (χ3v) is 2.18. The van der Waals surface area contributed by atoms with Crippen molar-refractivity contribution < 1.29 is 14.7 Å².